The van der Waals surface area contributed by atoms with Gasteiger partial charge in [-0.3, -0.25) is 9.69 Å². The van der Waals surface area contributed by atoms with Crippen LogP contribution in [0.5, 0.6) is 0 Å². The average molecular weight is 285 g/mol. The smallest absolute Gasteiger partial charge is 0.182 e. The van der Waals surface area contributed by atoms with E-state index < -0.39 is 23.0 Å². The van der Waals surface area contributed by atoms with Crippen molar-refractivity contribution in [3.05, 3.63) is 35.4 Å². The number of carbonyl (C=O) groups is 1. The molecular weight excluding hydrogens is 268 g/mol. The molecule has 1 saturated heterocycles. The highest BCUT2D eigenvalue weighted by molar-refractivity contribution is 5.98. The van der Waals surface area contributed by atoms with Crippen LogP contribution in [0.15, 0.2) is 18.2 Å². The summed E-state index contributed by atoms with van der Waals surface area (Å²) in [7, 11) is 0. The zero-order valence-electron chi connectivity index (χ0n) is 11.2. The molecule has 20 heavy (non-hydrogen) atoms. The fourth-order valence-electron chi connectivity index (χ4n) is 2.23. The molecule has 1 fully saturated rings. The molecule has 6 heteroatoms. The van der Waals surface area contributed by atoms with Gasteiger partial charge in [-0.05, 0) is 19.1 Å². The van der Waals surface area contributed by atoms with Crippen molar-refractivity contribution in [2.45, 2.75) is 19.1 Å². The monoisotopic (exact) mass is 285 g/mol. The van der Waals surface area contributed by atoms with Crippen LogP contribution in [0.1, 0.15) is 17.3 Å². The Hall–Kier alpha value is -1.37. The van der Waals surface area contributed by atoms with E-state index in [4.69, 9.17) is 9.84 Å². The summed E-state index contributed by atoms with van der Waals surface area (Å²) in [6.45, 7) is 2.35. The van der Waals surface area contributed by atoms with Gasteiger partial charge in [-0.1, -0.05) is 6.07 Å². The first-order valence-corrected chi connectivity index (χ1v) is 6.46. The van der Waals surface area contributed by atoms with Gasteiger partial charge in [-0.2, -0.15) is 0 Å². The lowest BCUT2D eigenvalue weighted by Crippen LogP contribution is -2.51. The molecule has 0 saturated carbocycles. The van der Waals surface area contributed by atoms with Gasteiger partial charge >= 0.3 is 0 Å². The molecule has 0 bridgehead atoms. The molecule has 2 rings (SSSR count). The van der Waals surface area contributed by atoms with Crippen LogP contribution in [0, 0.1) is 11.6 Å². The number of aliphatic hydroxyl groups is 1. The van der Waals surface area contributed by atoms with Crippen LogP contribution in [0.3, 0.4) is 0 Å². The summed E-state index contributed by atoms with van der Waals surface area (Å²) in [5, 5.41) is 9.08. The van der Waals surface area contributed by atoms with Crippen molar-refractivity contribution in [2.24, 2.45) is 0 Å². The van der Waals surface area contributed by atoms with E-state index in [9.17, 15) is 13.6 Å². The van der Waals surface area contributed by atoms with E-state index in [1.165, 1.54) is 6.07 Å². The third-order valence-electron chi connectivity index (χ3n) is 3.43. The minimum absolute atomic E-state index is 0.0448. The molecule has 0 amide bonds. The van der Waals surface area contributed by atoms with E-state index in [2.05, 4.69) is 0 Å². The number of ether oxygens (including phenoxy) is 1. The number of rotatable bonds is 4. The second-order valence-electron chi connectivity index (χ2n) is 4.94. The van der Waals surface area contributed by atoms with Crippen LogP contribution in [-0.4, -0.2) is 54.2 Å². The summed E-state index contributed by atoms with van der Waals surface area (Å²) in [5.41, 5.74) is -0.508. The quantitative estimate of drug-likeness (QED) is 0.845. The standard InChI is InChI=1S/C14H17F2NO3/c1-9-8-20-10(7-18)5-17(9)6-13(19)14-11(15)3-2-4-12(14)16/h2-4,9-10,18H,5-8H2,1H3. The Bertz CT molecular complexity index is 475. The van der Waals surface area contributed by atoms with Gasteiger partial charge in [0.25, 0.3) is 0 Å². The Labute approximate surface area is 116 Å². The van der Waals surface area contributed by atoms with Gasteiger partial charge in [0.2, 0.25) is 0 Å². The van der Waals surface area contributed by atoms with Crippen LogP contribution in [0.25, 0.3) is 0 Å². The topological polar surface area (TPSA) is 49.8 Å². The molecule has 1 heterocycles. The summed E-state index contributed by atoms with van der Waals surface area (Å²) in [6, 6.07) is 3.31. The maximum absolute atomic E-state index is 13.6. The summed E-state index contributed by atoms with van der Waals surface area (Å²) in [6.07, 6.45) is -0.371. The van der Waals surface area contributed by atoms with Crippen LogP contribution in [-0.2, 0) is 4.74 Å². The summed E-state index contributed by atoms with van der Waals surface area (Å²) >= 11 is 0. The summed E-state index contributed by atoms with van der Waals surface area (Å²) in [5.74, 6) is -2.31. The molecule has 0 aliphatic carbocycles. The fraction of sp³-hybridized carbons (Fsp3) is 0.500. The fourth-order valence-corrected chi connectivity index (χ4v) is 2.23. The van der Waals surface area contributed by atoms with E-state index >= 15 is 0 Å². The van der Waals surface area contributed by atoms with Gasteiger partial charge in [-0.15, -0.1) is 0 Å². The molecule has 2 atom stereocenters. The highest BCUT2D eigenvalue weighted by Gasteiger charge is 2.28. The number of nitrogens with zero attached hydrogens (tertiary/aromatic N) is 1. The van der Waals surface area contributed by atoms with Crippen molar-refractivity contribution in [3.63, 3.8) is 0 Å². The normalized spacial score (nSPS) is 23.8. The third-order valence-corrected chi connectivity index (χ3v) is 3.43. The van der Waals surface area contributed by atoms with Crippen LogP contribution < -0.4 is 0 Å². The first-order valence-electron chi connectivity index (χ1n) is 6.46. The largest absolute Gasteiger partial charge is 0.394 e. The Morgan fingerprint density at radius 1 is 1.45 bits per heavy atom. The van der Waals surface area contributed by atoms with Crippen molar-refractivity contribution in [3.8, 4) is 0 Å². The number of hydrogen-bond donors (Lipinski definition) is 1. The number of benzene rings is 1. The number of halogens is 2. The molecular formula is C14H17F2NO3. The zero-order valence-corrected chi connectivity index (χ0v) is 11.2. The van der Waals surface area contributed by atoms with Gasteiger partial charge in [0.05, 0.1) is 31.4 Å². The van der Waals surface area contributed by atoms with Crippen molar-refractivity contribution < 1.29 is 23.4 Å². The molecule has 1 aromatic carbocycles. The van der Waals surface area contributed by atoms with E-state index in [1.54, 1.807) is 4.90 Å². The maximum Gasteiger partial charge on any atom is 0.182 e. The number of Topliss-reactive ketones (excluding diaryl/α,β-unsaturated/α-hetero) is 1. The summed E-state index contributed by atoms with van der Waals surface area (Å²) in [4.78, 5) is 13.8. The number of carbonyl (C=O) groups excluding carboxylic acids is 1. The predicted octanol–water partition coefficient (Wildman–Crippen LogP) is 1.23. The lowest BCUT2D eigenvalue weighted by Gasteiger charge is -2.36. The molecule has 4 nitrogen and oxygen atoms in total. The Balaban J connectivity index is 2.10. The number of aliphatic hydroxyl groups excluding tert-OH is 1. The second kappa shape index (κ2) is 6.39. The molecule has 0 radical (unpaired) electrons. The van der Waals surface area contributed by atoms with Crippen molar-refractivity contribution in [2.75, 3.05) is 26.3 Å². The van der Waals surface area contributed by atoms with Crippen molar-refractivity contribution >= 4 is 5.78 Å². The lowest BCUT2D eigenvalue weighted by atomic mass is 10.1. The first kappa shape index (κ1) is 15.0. The highest BCUT2D eigenvalue weighted by atomic mass is 19.1. The molecule has 0 spiro atoms. The van der Waals surface area contributed by atoms with E-state index in [1.807, 2.05) is 6.92 Å². The lowest BCUT2D eigenvalue weighted by molar-refractivity contribution is -0.0748. The van der Waals surface area contributed by atoms with E-state index in [-0.39, 0.29) is 25.3 Å². The molecule has 0 aromatic heterocycles. The van der Waals surface area contributed by atoms with E-state index in [0.29, 0.717) is 13.2 Å². The van der Waals surface area contributed by atoms with E-state index in [0.717, 1.165) is 12.1 Å². The Morgan fingerprint density at radius 3 is 2.70 bits per heavy atom. The van der Waals surface area contributed by atoms with Gasteiger partial charge in [-0.25, -0.2) is 8.78 Å². The molecule has 110 valence electrons. The molecule has 1 aromatic rings. The van der Waals surface area contributed by atoms with Crippen LogP contribution in [0.2, 0.25) is 0 Å². The van der Waals surface area contributed by atoms with Gasteiger partial charge < -0.3 is 9.84 Å². The Kier molecular flexibility index (Phi) is 4.80. The Morgan fingerprint density at radius 2 is 2.10 bits per heavy atom. The minimum atomic E-state index is -0.852. The van der Waals surface area contributed by atoms with Crippen LogP contribution in [0.4, 0.5) is 8.78 Å². The predicted molar refractivity (Wildman–Crippen MR) is 68.5 cm³/mol. The van der Waals surface area contributed by atoms with Crippen molar-refractivity contribution in [1.29, 1.82) is 0 Å². The first-order chi connectivity index (χ1) is 9.52. The second-order valence-corrected chi connectivity index (χ2v) is 4.94. The number of hydrogen-bond acceptors (Lipinski definition) is 4. The van der Waals surface area contributed by atoms with Crippen LogP contribution >= 0.6 is 0 Å². The third kappa shape index (κ3) is 3.20. The molecule has 1 aliphatic rings. The van der Waals surface area contributed by atoms with Gasteiger partial charge in [0.15, 0.2) is 5.78 Å². The van der Waals surface area contributed by atoms with Gasteiger partial charge in [0, 0.05) is 12.6 Å². The SMILES string of the molecule is CC1COC(CO)CN1CC(=O)c1c(F)cccc1F. The minimum Gasteiger partial charge on any atom is -0.394 e. The molecule has 1 aliphatic heterocycles. The number of morpholine rings is 1. The summed E-state index contributed by atoms with van der Waals surface area (Å²) < 4.78 is 32.5. The maximum atomic E-state index is 13.6. The zero-order chi connectivity index (χ0) is 14.7. The molecule has 1 N–H and O–H groups in total. The molecule has 2 unspecified atom stereocenters. The highest BCUT2D eigenvalue weighted by Crippen LogP contribution is 2.16. The average Bonchev–Trinajstić information content (AvgIpc) is 2.41. The number of ketones is 1. The van der Waals surface area contributed by atoms with Crippen molar-refractivity contribution in [1.82, 2.24) is 4.90 Å². The van der Waals surface area contributed by atoms with Gasteiger partial charge in [0.1, 0.15) is 11.6 Å².